The maximum absolute atomic E-state index is 3.78. The minimum absolute atomic E-state index is 0.404. The van der Waals surface area contributed by atoms with Crippen LogP contribution < -0.4 is 10.6 Å². The third-order valence-electron chi connectivity index (χ3n) is 1.68. The van der Waals surface area contributed by atoms with Crippen molar-refractivity contribution in [3.05, 3.63) is 0 Å². The lowest BCUT2D eigenvalue weighted by Gasteiger charge is -2.10. The van der Waals surface area contributed by atoms with Gasteiger partial charge in [-0.15, -0.1) is 0 Å². The number of rotatable bonds is 4. The minimum Gasteiger partial charge on any atom is -0.352 e. The summed E-state index contributed by atoms with van der Waals surface area (Å²) in [4.78, 5) is 0. The van der Waals surface area contributed by atoms with Gasteiger partial charge >= 0.3 is 0 Å². The Morgan fingerprint density at radius 3 is 2.83 bits per heavy atom. The molecule has 1 rings (SSSR count). The van der Waals surface area contributed by atoms with Crippen LogP contribution in [-0.4, -0.2) is 39.8 Å². The quantitative estimate of drug-likeness (QED) is 0.621. The first-order valence-electron chi connectivity index (χ1n) is 3.87. The van der Waals surface area contributed by atoms with E-state index in [0.29, 0.717) is 12.0 Å². The fraction of sp³-hybridized carbons (Fsp3) is 0.833. The Bertz CT molecular complexity index is 232. The van der Waals surface area contributed by atoms with E-state index in [2.05, 4.69) is 33.1 Å². The van der Waals surface area contributed by atoms with E-state index in [1.54, 1.807) is 11.7 Å². The summed E-state index contributed by atoms with van der Waals surface area (Å²) in [5, 5.41) is 17.2. The molecule has 1 heterocycles. The molecule has 0 aromatic carbocycles. The van der Waals surface area contributed by atoms with Crippen molar-refractivity contribution >= 4 is 5.95 Å². The average Bonchev–Trinajstić information content (AvgIpc) is 2.47. The highest BCUT2D eigenvalue weighted by Crippen LogP contribution is 1.94. The van der Waals surface area contributed by atoms with Crippen molar-refractivity contribution in [2.45, 2.75) is 13.0 Å². The van der Waals surface area contributed by atoms with E-state index < -0.39 is 0 Å². The Hall–Kier alpha value is -1.17. The normalized spacial score (nSPS) is 12.9. The van der Waals surface area contributed by atoms with Crippen molar-refractivity contribution in [2.75, 3.05) is 18.9 Å². The molecule has 0 saturated carbocycles. The number of hydrogen-bond donors (Lipinski definition) is 2. The van der Waals surface area contributed by atoms with E-state index >= 15 is 0 Å². The Labute approximate surface area is 71.3 Å². The van der Waals surface area contributed by atoms with Crippen LogP contribution in [0.2, 0.25) is 0 Å². The molecule has 0 spiro atoms. The first-order valence-corrected chi connectivity index (χ1v) is 3.87. The fourth-order valence-electron chi connectivity index (χ4n) is 0.726. The molecular formula is C6H14N6. The van der Waals surface area contributed by atoms with Gasteiger partial charge in [0.05, 0.1) is 0 Å². The Morgan fingerprint density at radius 1 is 1.58 bits per heavy atom. The van der Waals surface area contributed by atoms with Crippen LogP contribution >= 0.6 is 0 Å². The maximum atomic E-state index is 3.78. The molecule has 2 N–H and O–H groups in total. The third kappa shape index (κ3) is 2.16. The van der Waals surface area contributed by atoms with Gasteiger partial charge < -0.3 is 10.6 Å². The number of aryl methyl sites for hydroxylation is 1. The summed E-state index contributed by atoms with van der Waals surface area (Å²) in [6.07, 6.45) is 0. The standard InChI is InChI=1S/C6H14N6/c1-5(7-2)4-8-6-9-10-11-12(6)3/h5,7H,4H2,1-3H3,(H,8,9,11). The number of aromatic nitrogens is 4. The van der Waals surface area contributed by atoms with Gasteiger partial charge in [0.15, 0.2) is 0 Å². The van der Waals surface area contributed by atoms with Gasteiger partial charge in [0.1, 0.15) is 0 Å². The van der Waals surface area contributed by atoms with Gasteiger partial charge in [-0.2, -0.15) is 0 Å². The average molecular weight is 170 g/mol. The Kier molecular flexibility index (Phi) is 2.98. The van der Waals surface area contributed by atoms with Crippen molar-refractivity contribution in [1.29, 1.82) is 0 Å². The van der Waals surface area contributed by atoms with Gasteiger partial charge in [0, 0.05) is 19.6 Å². The van der Waals surface area contributed by atoms with Crippen LogP contribution in [0.4, 0.5) is 5.95 Å². The van der Waals surface area contributed by atoms with Crippen LogP contribution in [-0.2, 0) is 7.05 Å². The highest BCUT2D eigenvalue weighted by Gasteiger charge is 2.02. The second kappa shape index (κ2) is 4.01. The number of likely N-dealkylation sites (N-methyl/N-ethyl adjacent to an activating group) is 1. The molecule has 0 saturated heterocycles. The number of hydrogen-bond acceptors (Lipinski definition) is 5. The van der Waals surface area contributed by atoms with Crippen LogP contribution in [0.15, 0.2) is 0 Å². The van der Waals surface area contributed by atoms with E-state index in [-0.39, 0.29) is 0 Å². The minimum atomic E-state index is 0.404. The summed E-state index contributed by atoms with van der Waals surface area (Å²) >= 11 is 0. The van der Waals surface area contributed by atoms with E-state index in [9.17, 15) is 0 Å². The van der Waals surface area contributed by atoms with E-state index in [4.69, 9.17) is 0 Å². The Balaban J connectivity index is 2.38. The predicted molar refractivity (Wildman–Crippen MR) is 45.8 cm³/mol. The maximum Gasteiger partial charge on any atom is 0.242 e. The summed E-state index contributed by atoms with van der Waals surface area (Å²) in [5.41, 5.74) is 0. The molecule has 12 heavy (non-hydrogen) atoms. The van der Waals surface area contributed by atoms with Crippen molar-refractivity contribution in [2.24, 2.45) is 7.05 Å². The molecule has 0 aliphatic carbocycles. The summed E-state index contributed by atoms with van der Waals surface area (Å²) < 4.78 is 1.60. The molecule has 6 nitrogen and oxygen atoms in total. The lowest BCUT2D eigenvalue weighted by molar-refractivity contribution is 0.631. The SMILES string of the molecule is CNC(C)CNc1nnnn1C. The Morgan fingerprint density at radius 2 is 2.33 bits per heavy atom. The molecule has 0 bridgehead atoms. The van der Waals surface area contributed by atoms with E-state index in [1.165, 1.54) is 0 Å². The second-order valence-corrected chi connectivity index (χ2v) is 2.70. The number of nitrogens with zero attached hydrogens (tertiary/aromatic N) is 4. The smallest absolute Gasteiger partial charge is 0.242 e. The largest absolute Gasteiger partial charge is 0.352 e. The molecule has 1 unspecified atom stereocenters. The molecular weight excluding hydrogens is 156 g/mol. The zero-order chi connectivity index (χ0) is 8.97. The first-order chi connectivity index (χ1) is 5.74. The molecule has 1 aromatic rings. The van der Waals surface area contributed by atoms with Crippen LogP contribution in [0, 0.1) is 0 Å². The molecule has 0 aliphatic rings. The summed E-state index contributed by atoms with van der Waals surface area (Å²) in [6, 6.07) is 0.404. The van der Waals surface area contributed by atoms with Crippen LogP contribution in [0.5, 0.6) is 0 Å². The number of anilines is 1. The molecule has 0 amide bonds. The van der Waals surface area contributed by atoms with Gasteiger partial charge in [-0.1, -0.05) is 5.10 Å². The zero-order valence-electron chi connectivity index (χ0n) is 7.57. The summed E-state index contributed by atoms with van der Waals surface area (Å²) in [7, 11) is 3.72. The second-order valence-electron chi connectivity index (χ2n) is 2.70. The monoisotopic (exact) mass is 170 g/mol. The molecule has 0 fully saturated rings. The molecule has 0 aliphatic heterocycles. The molecule has 1 aromatic heterocycles. The van der Waals surface area contributed by atoms with E-state index in [0.717, 1.165) is 6.54 Å². The molecule has 1 atom stereocenters. The summed E-state index contributed by atoms with van der Waals surface area (Å²) in [6.45, 7) is 2.89. The van der Waals surface area contributed by atoms with Crippen molar-refractivity contribution in [1.82, 2.24) is 25.5 Å². The molecule has 6 heteroatoms. The topological polar surface area (TPSA) is 67.7 Å². The van der Waals surface area contributed by atoms with Crippen molar-refractivity contribution < 1.29 is 0 Å². The van der Waals surface area contributed by atoms with Crippen LogP contribution in [0.1, 0.15) is 6.92 Å². The fourth-order valence-corrected chi connectivity index (χ4v) is 0.726. The highest BCUT2D eigenvalue weighted by molar-refractivity contribution is 5.20. The molecule has 68 valence electrons. The third-order valence-corrected chi connectivity index (χ3v) is 1.68. The van der Waals surface area contributed by atoms with E-state index in [1.807, 2.05) is 7.05 Å². The van der Waals surface area contributed by atoms with Crippen molar-refractivity contribution in [3.8, 4) is 0 Å². The lowest BCUT2D eigenvalue weighted by Crippen LogP contribution is -2.30. The van der Waals surface area contributed by atoms with Gasteiger partial charge in [0.2, 0.25) is 5.95 Å². The van der Waals surface area contributed by atoms with Crippen LogP contribution in [0.25, 0.3) is 0 Å². The van der Waals surface area contributed by atoms with Gasteiger partial charge in [-0.3, -0.25) is 0 Å². The van der Waals surface area contributed by atoms with Gasteiger partial charge in [-0.25, -0.2) is 4.68 Å². The van der Waals surface area contributed by atoms with Crippen LogP contribution in [0.3, 0.4) is 0 Å². The zero-order valence-corrected chi connectivity index (χ0v) is 7.57. The number of nitrogens with one attached hydrogen (secondary N) is 2. The lowest BCUT2D eigenvalue weighted by atomic mass is 10.3. The highest BCUT2D eigenvalue weighted by atomic mass is 15.6. The first kappa shape index (κ1) is 8.92. The molecule has 0 radical (unpaired) electrons. The number of tetrazole rings is 1. The predicted octanol–water partition coefficient (Wildman–Crippen LogP) is -0.770. The van der Waals surface area contributed by atoms with Gasteiger partial charge in [0.25, 0.3) is 0 Å². The van der Waals surface area contributed by atoms with Crippen molar-refractivity contribution in [3.63, 3.8) is 0 Å². The van der Waals surface area contributed by atoms with Gasteiger partial charge in [-0.05, 0) is 24.4 Å². The summed E-state index contributed by atoms with van der Waals surface area (Å²) in [5.74, 6) is 0.692.